The molecule has 0 aliphatic carbocycles. The van der Waals surface area contributed by atoms with Gasteiger partial charge in [0.15, 0.2) is 17.5 Å². The van der Waals surface area contributed by atoms with Crippen molar-refractivity contribution in [2.24, 2.45) is 0 Å². The predicted molar refractivity (Wildman–Crippen MR) is 59.5 cm³/mol. The molecule has 0 saturated heterocycles. The van der Waals surface area contributed by atoms with Gasteiger partial charge in [-0.1, -0.05) is 13.3 Å². The van der Waals surface area contributed by atoms with Crippen molar-refractivity contribution in [3.8, 4) is 0 Å². The van der Waals surface area contributed by atoms with Crippen molar-refractivity contribution in [2.45, 2.75) is 32.4 Å². The zero-order valence-electron chi connectivity index (χ0n) is 9.84. The van der Waals surface area contributed by atoms with Crippen LogP contribution in [0.2, 0.25) is 0 Å². The summed E-state index contributed by atoms with van der Waals surface area (Å²) in [6.07, 6.45) is 1.07. The lowest BCUT2D eigenvalue weighted by molar-refractivity contribution is -0.139. The molecule has 0 spiro atoms. The van der Waals surface area contributed by atoms with Crippen molar-refractivity contribution in [2.75, 3.05) is 0 Å². The summed E-state index contributed by atoms with van der Waals surface area (Å²) < 4.78 is 38.5. The highest BCUT2D eigenvalue weighted by atomic mass is 19.2. The SMILES string of the molecule is CCCC(NCc1cc(F)c(F)c(F)c1)C(=O)O. The smallest absolute Gasteiger partial charge is 0.320 e. The van der Waals surface area contributed by atoms with Gasteiger partial charge in [0, 0.05) is 6.54 Å². The van der Waals surface area contributed by atoms with Gasteiger partial charge in [-0.3, -0.25) is 4.79 Å². The number of carboxylic acid groups (broad SMARTS) is 1. The van der Waals surface area contributed by atoms with Gasteiger partial charge >= 0.3 is 5.97 Å². The Kier molecular flexibility index (Phi) is 5.15. The Labute approximate surface area is 103 Å². The van der Waals surface area contributed by atoms with Crippen molar-refractivity contribution in [3.05, 3.63) is 35.1 Å². The molecule has 0 fully saturated rings. The molecule has 100 valence electrons. The largest absolute Gasteiger partial charge is 0.480 e. The summed E-state index contributed by atoms with van der Waals surface area (Å²) in [7, 11) is 0. The number of rotatable bonds is 6. The van der Waals surface area contributed by atoms with Crippen molar-refractivity contribution >= 4 is 5.97 Å². The van der Waals surface area contributed by atoms with E-state index >= 15 is 0 Å². The Hall–Kier alpha value is -1.56. The van der Waals surface area contributed by atoms with E-state index in [1.54, 1.807) is 0 Å². The van der Waals surface area contributed by atoms with Crippen LogP contribution in [0.15, 0.2) is 12.1 Å². The van der Waals surface area contributed by atoms with E-state index in [0.717, 1.165) is 12.1 Å². The molecule has 18 heavy (non-hydrogen) atoms. The highest BCUT2D eigenvalue weighted by Gasteiger charge is 2.16. The number of halogens is 3. The van der Waals surface area contributed by atoms with Crippen LogP contribution in [0.1, 0.15) is 25.3 Å². The number of benzene rings is 1. The molecule has 0 radical (unpaired) electrons. The second-order valence-corrected chi connectivity index (χ2v) is 3.93. The van der Waals surface area contributed by atoms with Crippen molar-refractivity contribution in [1.82, 2.24) is 5.32 Å². The van der Waals surface area contributed by atoms with Crippen molar-refractivity contribution in [3.63, 3.8) is 0 Å². The second kappa shape index (κ2) is 6.39. The van der Waals surface area contributed by atoms with E-state index in [2.05, 4.69) is 5.32 Å². The van der Waals surface area contributed by atoms with Crippen LogP contribution >= 0.6 is 0 Å². The Balaban J connectivity index is 2.70. The number of carboxylic acids is 1. The lowest BCUT2D eigenvalue weighted by Crippen LogP contribution is -2.36. The average molecular weight is 261 g/mol. The topological polar surface area (TPSA) is 49.3 Å². The Morgan fingerprint density at radius 2 is 1.89 bits per heavy atom. The van der Waals surface area contributed by atoms with Crippen molar-refractivity contribution in [1.29, 1.82) is 0 Å². The van der Waals surface area contributed by atoms with Crippen LogP contribution in [-0.2, 0) is 11.3 Å². The van der Waals surface area contributed by atoms with E-state index in [9.17, 15) is 18.0 Å². The molecule has 6 heteroatoms. The van der Waals surface area contributed by atoms with Gasteiger partial charge in [-0.15, -0.1) is 0 Å². The van der Waals surface area contributed by atoms with Gasteiger partial charge in [-0.05, 0) is 24.1 Å². The minimum Gasteiger partial charge on any atom is -0.480 e. The van der Waals surface area contributed by atoms with Gasteiger partial charge in [-0.2, -0.15) is 0 Å². The number of nitrogens with one attached hydrogen (secondary N) is 1. The summed E-state index contributed by atoms with van der Waals surface area (Å²) in [4.78, 5) is 10.8. The van der Waals surface area contributed by atoms with Gasteiger partial charge in [0.1, 0.15) is 6.04 Å². The third kappa shape index (κ3) is 3.73. The minimum atomic E-state index is -1.53. The summed E-state index contributed by atoms with van der Waals surface area (Å²) in [6.45, 7) is 1.79. The first-order valence-electron chi connectivity index (χ1n) is 5.55. The number of carbonyl (C=O) groups is 1. The zero-order valence-corrected chi connectivity index (χ0v) is 9.84. The van der Waals surface area contributed by atoms with Crippen LogP contribution in [0.5, 0.6) is 0 Å². The molecule has 0 amide bonds. The van der Waals surface area contributed by atoms with E-state index in [0.29, 0.717) is 12.8 Å². The van der Waals surface area contributed by atoms with Crippen LogP contribution in [-0.4, -0.2) is 17.1 Å². The summed E-state index contributed by atoms with van der Waals surface area (Å²) in [5.74, 6) is -5.12. The van der Waals surface area contributed by atoms with E-state index in [1.807, 2.05) is 6.92 Å². The molecule has 0 saturated carbocycles. The van der Waals surface area contributed by atoms with Gasteiger partial charge in [0.2, 0.25) is 0 Å². The normalized spacial score (nSPS) is 12.4. The molecule has 0 aliphatic rings. The highest BCUT2D eigenvalue weighted by molar-refractivity contribution is 5.73. The monoisotopic (exact) mass is 261 g/mol. The molecule has 2 N–H and O–H groups in total. The first-order chi connectivity index (χ1) is 8.45. The van der Waals surface area contributed by atoms with Crippen LogP contribution in [0.25, 0.3) is 0 Å². The van der Waals surface area contributed by atoms with E-state index in [4.69, 9.17) is 5.11 Å². The van der Waals surface area contributed by atoms with Gasteiger partial charge < -0.3 is 10.4 Å². The molecular weight excluding hydrogens is 247 g/mol. The molecule has 0 aromatic heterocycles. The zero-order chi connectivity index (χ0) is 13.7. The molecule has 1 rings (SSSR count). The lowest BCUT2D eigenvalue weighted by Gasteiger charge is -2.13. The van der Waals surface area contributed by atoms with Crippen LogP contribution < -0.4 is 5.32 Å². The van der Waals surface area contributed by atoms with Crippen LogP contribution in [0, 0.1) is 17.5 Å². The molecule has 0 bridgehead atoms. The standard InChI is InChI=1S/C12H14F3NO2/c1-2-3-10(12(17)18)16-6-7-4-8(13)11(15)9(14)5-7/h4-5,10,16H,2-3,6H2,1H3,(H,17,18). The third-order valence-electron chi connectivity index (χ3n) is 2.47. The van der Waals surface area contributed by atoms with Crippen LogP contribution in [0.4, 0.5) is 13.2 Å². The maximum atomic E-state index is 12.9. The second-order valence-electron chi connectivity index (χ2n) is 3.93. The molecule has 1 aromatic rings. The maximum absolute atomic E-state index is 12.9. The molecular formula is C12H14F3NO2. The summed E-state index contributed by atoms with van der Waals surface area (Å²) in [5.41, 5.74) is 0.161. The van der Waals surface area contributed by atoms with E-state index in [-0.39, 0.29) is 12.1 Å². The molecule has 1 unspecified atom stereocenters. The fraction of sp³-hybridized carbons (Fsp3) is 0.417. The predicted octanol–water partition coefficient (Wildman–Crippen LogP) is 2.45. The fourth-order valence-corrected chi connectivity index (χ4v) is 1.55. The molecule has 3 nitrogen and oxygen atoms in total. The quantitative estimate of drug-likeness (QED) is 0.773. The summed E-state index contributed by atoms with van der Waals surface area (Å²) in [6, 6.07) is 0.901. The van der Waals surface area contributed by atoms with Gasteiger partial charge in [-0.25, -0.2) is 13.2 Å². The summed E-state index contributed by atoms with van der Waals surface area (Å²) in [5, 5.41) is 11.5. The third-order valence-corrected chi connectivity index (χ3v) is 2.47. The Bertz CT molecular complexity index is 414. The highest BCUT2D eigenvalue weighted by Crippen LogP contribution is 2.13. The molecule has 1 aromatic carbocycles. The van der Waals surface area contributed by atoms with Crippen LogP contribution in [0.3, 0.4) is 0 Å². The Morgan fingerprint density at radius 3 is 2.33 bits per heavy atom. The minimum absolute atomic E-state index is 0.0366. The van der Waals surface area contributed by atoms with E-state index < -0.39 is 29.5 Å². The molecule has 1 atom stereocenters. The van der Waals surface area contributed by atoms with Crippen molar-refractivity contribution < 1.29 is 23.1 Å². The number of hydrogen-bond acceptors (Lipinski definition) is 2. The first kappa shape index (κ1) is 14.5. The first-order valence-corrected chi connectivity index (χ1v) is 5.55. The summed E-state index contributed by atoms with van der Waals surface area (Å²) >= 11 is 0. The Morgan fingerprint density at radius 1 is 1.33 bits per heavy atom. The molecule has 0 heterocycles. The van der Waals surface area contributed by atoms with Gasteiger partial charge in [0.05, 0.1) is 0 Å². The average Bonchev–Trinajstić information content (AvgIpc) is 2.30. The lowest BCUT2D eigenvalue weighted by atomic mass is 10.1. The molecule has 0 aliphatic heterocycles. The number of hydrogen-bond donors (Lipinski definition) is 2. The van der Waals surface area contributed by atoms with Gasteiger partial charge in [0.25, 0.3) is 0 Å². The maximum Gasteiger partial charge on any atom is 0.320 e. The number of aliphatic carboxylic acids is 1. The van der Waals surface area contributed by atoms with E-state index in [1.165, 1.54) is 0 Å². The fourth-order valence-electron chi connectivity index (χ4n) is 1.55.